The van der Waals surface area contributed by atoms with E-state index in [1.54, 1.807) is 14.0 Å². The summed E-state index contributed by atoms with van der Waals surface area (Å²) in [6, 6.07) is 0. The molecule has 1 aliphatic heterocycles. The van der Waals surface area contributed by atoms with Gasteiger partial charge in [-0.05, 0) is 33.1 Å². The molecule has 4 atom stereocenters. The first-order chi connectivity index (χ1) is 8.73. The second kappa shape index (κ2) is 6.49. The molecule has 0 aromatic rings. The second-order valence-corrected chi connectivity index (χ2v) is 8.13. The van der Waals surface area contributed by atoms with Crippen LogP contribution in [0.1, 0.15) is 28.6 Å². The van der Waals surface area contributed by atoms with Gasteiger partial charge in [0.15, 0.2) is 0 Å². The molecule has 1 fully saturated rings. The molecule has 0 saturated carbocycles. The van der Waals surface area contributed by atoms with Crippen LogP contribution in [0.3, 0.4) is 0 Å². The maximum absolute atomic E-state index is 12.8. The minimum absolute atomic E-state index is 0.0914. The summed E-state index contributed by atoms with van der Waals surface area (Å²) >= 11 is 0. The first kappa shape index (κ1) is 14.5. The van der Waals surface area contributed by atoms with Crippen LogP contribution in [0.25, 0.3) is 0 Å². The number of rotatable bonds is 7. The first-order valence-corrected chi connectivity index (χ1v) is 8.07. The molecule has 1 aliphatic rings. The van der Waals surface area contributed by atoms with Crippen LogP contribution >= 0.6 is 7.37 Å². The summed E-state index contributed by atoms with van der Waals surface area (Å²) < 4.78 is 36.3. The Morgan fingerprint density at radius 3 is 2.78 bits per heavy atom. The molecule has 18 heavy (non-hydrogen) atoms. The Morgan fingerprint density at radius 1 is 1.61 bits per heavy atom. The monoisotopic (exact) mass is 282 g/mol. The van der Waals surface area contributed by atoms with Gasteiger partial charge in [-0.3, -0.25) is 4.57 Å². The maximum Gasteiger partial charge on any atom is 0.233 e. The van der Waals surface area contributed by atoms with Crippen LogP contribution in [0.2, 0.25) is 0 Å². The fraction of sp³-hybridized carbons (Fsp3) is 1.00. The van der Waals surface area contributed by atoms with Gasteiger partial charge in [-0.1, -0.05) is 0 Å². The number of methoxy groups -OCH3 is 1. The Hall–Kier alpha value is 0.0700. The fourth-order valence-corrected chi connectivity index (χ4v) is 4.34. The summed E-state index contributed by atoms with van der Waals surface area (Å²) in [6.45, 7) is 4.78. The largest absolute Gasteiger partial charge is 0.382 e. The van der Waals surface area contributed by atoms with Gasteiger partial charge >= 0.3 is 0 Å². The van der Waals surface area contributed by atoms with Crippen LogP contribution < -0.4 is 0 Å². The van der Waals surface area contributed by atoms with Crippen molar-refractivity contribution in [3.05, 3.63) is 0 Å². The third-order valence-electron chi connectivity index (χ3n) is 3.17. The van der Waals surface area contributed by atoms with E-state index in [0.29, 0.717) is 13.0 Å². The number of hydrogen-bond donors (Lipinski definition) is 1. The predicted molar refractivity (Wildman–Crippen MR) is 70.1 cm³/mol. The van der Waals surface area contributed by atoms with Gasteiger partial charge < -0.3 is 19.1 Å². The summed E-state index contributed by atoms with van der Waals surface area (Å²) in [7, 11) is -1.64. The van der Waals surface area contributed by atoms with Crippen molar-refractivity contribution in [3.8, 4) is 0 Å². The van der Waals surface area contributed by atoms with E-state index in [1.807, 2.05) is 0 Å². The molecule has 1 N–H and O–H groups in total. The van der Waals surface area contributed by atoms with Crippen LogP contribution in [0.4, 0.5) is 0 Å². The molecule has 1 rings (SSSR count). The molecule has 1 unspecified atom stereocenters. The van der Waals surface area contributed by atoms with E-state index in [2.05, 4.69) is 0 Å². The molecule has 1 saturated heterocycles. The Bertz CT molecular complexity index is 331. The standard InChI is InChI=1S/C12H25O5P/c1-5-17-18(14,12(2,3)13)9-10-6-7-16-11(10)8-15-4/h10-11,13H,5-9H2,1-4H3/t10-,11-,18?/m1/s1/i7T/t7-,10+,11+,18?/m0. The first-order valence-electron chi connectivity index (χ1n) is 6.84. The molecule has 0 radical (unpaired) electrons. The highest BCUT2D eigenvalue weighted by atomic mass is 31.2. The molecule has 0 aliphatic carbocycles. The predicted octanol–water partition coefficient (Wildman–Crippen LogP) is 2.08. The average Bonchev–Trinajstić information content (AvgIpc) is 2.58. The normalized spacial score (nSPS) is 33.2. The molecule has 0 amide bonds. The van der Waals surface area contributed by atoms with Gasteiger partial charge in [-0.15, -0.1) is 0 Å². The smallest absolute Gasteiger partial charge is 0.233 e. The van der Waals surface area contributed by atoms with Crippen LogP contribution in [0, 0.1) is 5.92 Å². The lowest BCUT2D eigenvalue weighted by molar-refractivity contribution is 0.0229. The SMILES string of the molecule is [3H][C@H]1C[C@H](CP(=O)(OCC)C(C)(C)O)[C@@H](COC)O1. The minimum Gasteiger partial charge on any atom is -0.382 e. The van der Waals surface area contributed by atoms with E-state index < -0.39 is 19.3 Å². The summed E-state index contributed by atoms with van der Waals surface area (Å²) in [6.07, 6.45) is 0.443. The van der Waals surface area contributed by atoms with Gasteiger partial charge in [0.1, 0.15) is 5.34 Å². The highest BCUT2D eigenvalue weighted by molar-refractivity contribution is 7.60. The molecule has 0 aromatic heterocycles. The summed E-state index contributed by atoms with van der Waals surface area (Å²) in [4.78, 5) is 0. The van der Waals surface area contributed by atoms with Gasteiger partial charge in [0.05, 0.1) is 20.7 Å². The Balaban J connectivity index is 2.81. The van der Waals surface area contributed by atoms with Crippen LogP contribution in [-0.2, 0) is 18.6 Å². The summed E-state index contributed by atoms with van der Waals surface area (Å²) in [5, 5.41) is 8.71. The van der Waals surface area contributed by atoms with Crippen molar-refractivity contribution in [2.75, 3.05) is 33.1 Å². The number of hydrogen-bond acceptors (Lipinski definition) is 5. The van der Waals surface area contributed by atoms with Crippen LogP contribution in [0.5, 0.6) is 0 Å². The molecule has 0 spiro atoms. The zero-order valence-electron chi connectivity index (χ0n) is 12.6. The van der Waals surface area contributed by atoms with E-state index in [4.69, 9.17) is 15.4 Å². The van der Waals surface area contributed by atoms with Crippen molar-refractivity contribution in [2.24, 2.45) is 5.92 Å². The Labute approximate surface area is 111 Å². The maximum atomic E-state index is 12.8. The zero-order chi connectivity index (χ0) is 14.7. The van der Waals surface area contributed by atoms with Crippen molar-refractivity contribution < 1.29 is 25.0 Å². The van der Waals surface area contributed by atoms with E-state index in [9.17, 15) is 9.67 Å². The van der Waals surface area contributed by atoms with E-state index in [0.717, 1.165) is 0 Å². The summed E-state index contributed by atoms with van der Waals surface area (Å²) in [5.74, 6) is -0.0914. The van der Waals surface area contributed by atoms with Crippen molar-refractivity contribution in [1.82, 2.24) is 0 Å². The average molecular weight is 282 g/mol. The summed E-state index contributed by atoms with van der Waals surface area (Å²) in [5.41, 5.74) is 0. The molecule has 5 nitrogen and oxygen atoms in total. The second-order valence-electron chi connectivity index (χ2n) is 5.06. The van der Waals surface area contributed by atoms with Gasteiger partial charge in [-0.25, -0.2) is 0 Å². The molecular weight excluding hydrogens is 255 g/mol. The molecule has 6 heteroatoms. The lowest BCUT2D eigenvalue weighted by Crippen LogP contribution is -2.30. The molecular formula is C12H25O5P. The lowest BCUT2D eigenvalue weighted by Gasteiger charge is -2.32. The molecule has 1 heterocycles. The fourth-order valence-electron chi connectivity index (χ4n) is 2.05. The Morgan fingerprint density at radius 2 is 2.28 bits per heavy atom. The highest BCUT2D eigenvalue weighted by Gasteiger charge is 2.44. The van der Waals surface area contributed by atoms with Gasteiger partial charge in [0.25, 0.3) is 0 Å². The van der Waals surface area contributed by atoms with Crippen molar-refractivity contribution in [2.45, 2.75) is 38.6 Å². The van der Waals surface area contributed by atoms with Crippen LogP contribution in [0.15, 0.2) is 0 Å². The molecule has 0 aromatic carbocycles. The van der Waals surface area contributed by atoms with Gasteiger partial charge in [0.2, 0.25) is 7.37 Å². The third-order valence-corrected chi connectivity index (χ3v) is 6.47. The number of aliphatic hydroxyl groups is 1. The zero-order valence-corrected chi connectivity index (χ0v) is 12.5. The van der Waals surface area contributed by atoms with Gasteiger partial charge in [0, 0.05) is 19.9 Å². The van der Waals surface area contributed by atoms with Crippen molar-refractivity contribution >= 4 is 7.37 Å². The van der Waals surface area contributed by atoms with Gasteiger partial charge in [-0.2, -0.15) is 0 Å². The highest BCUT2D eigenvalue weighted by Crippen LogP contribution is 2.59. The number of ether oxygens (including phenoxy) is 2. The Kier molecular flexibility index (Phi) is 5.22. The van der Waals surface area contributed by atoms with E-state index in [-0.39, 0.29) is 24.8 Å². The molecule has 0 bridgehead atoms. The van der Waals surface area contributed by atoms with E-state index >= 15 is 0 Å². The molecule has 108 valence electrons. The minimum atomic E-state index is -3.20. The van der Waals surface area contributed by atoms with Crippen molar-refractivity contribution in [3.63, 3.8) is 0 Å². The quantitative estimate of drug-likeness (QED) is 0.724. The van der Waals surface area contributed by atoms with Crippen LogP contribution in [-0.4, -0.2) is 49.6 Å². The van der Waals surface area contributed by atoms with E-state index in [1.165, 1.54) is 13.8 Å². The van der Waals surface area contributed by atoms with Crippen molar-refractivity contribution in [1.29, 1.82) is 0 Å². The topological polar surface area (TPSA) is 65.0 Å². The lowest BCUT2D eigenvalue weighted by atomic mass is 10.1. The third kappa shape index (κ3) is 3.78.